The monoisotopic (exact) mass is 241 g/mol. The summed E-state index contributed by atoms with van der Waals surface area (Å²) in [6.07, 6.45) is 2.37. The quantitative estimate of drug-likeness (QED) is 0.644. The maximum atomic E-state index is 11.5. The van der Waals surface area contributed by atoms with E-state index in [1.54, 1.807) is 42.6 Å². The van der Waals surface area contributed by atoms with E-state index in [-0.39, 0.29) is 5.84 Å². The first-order chi connectivity index (χ1) is 8.75. The number of hydrogen-bond donors (Lipinski definition) is 1. The van der Waals surface area contributed by atoms with Gasteiger partial charge in [-0.15, -0.1) is 0 Å². The highest BCUT2D eigenvalue weighted by Gasteiger charge is 2.05. The van der Waals surface area contributed by atoms with E-state index in [0.717, 1.165) is 0 Å². The SMILES string of the molecule is NC(=NC(=O)Oc1ccccc1)c1cccnc1. The summed E-state index contributed by atoms with van der Waals surface area (Å²) in [6.45, 7) is 0. The van der Waals surface area contributed by atoms with Gasteiger partial charge in [-0.2, -0.15) is 4.99 Å². The molecule has 2 N–H and O–H groups in total. The van der Waals surface area contributed by atoms with Crippen molar-refractivity contribution >= 4 is 11.9 Å². The molecule has 18 heavy (non-hydrogen) atoms. The van der Waals surface area contributed by atoms with Gasteiger partial charge in [0.15, 0.2) is 0 Å². The molecule has 5 heteroatoms. The lowest BCUT2D eigenvalue weighted by Crippen LogP contribution is -2.17. The lowest BCUT2D eigenvalue weighted by atomic mass is 10.3. The molecule has 0 saturated heterocycles. The largest absolute Gasteiger partial charge is 0.441 e. The molecule has 2 aromatic rings. The molecule has 1 amide bonds. The van der Waals surface area contributed by atoms with Crippen molar-refractivity contribution in [3.8, 4) is 5.75 Å². The fraction of sp³-hybridized carbons (Fsp3) is 0. The number of nitrogens with two attached hydrogens (primary N) is 1. The molecular weight excluding hydrogens is 230 g/mol. The number of aliphatic imine (C=N–C) groups is 1. The summed E-state index contributed by atoms with van der Waals surface area (Å²) >= 11 is 0. The normalized spacial score (nSPS) is 11.0. The van der Waals surface area contributed by atoms with Crippen LogP contribution in [0.3, 0.4) is 0 Å². The van der Waals surface area contributed by atoms with Crippen LogP contribution >= 0.6 is 0 Å². The van der Waals surface area contributed by atoms with Crippen LogP contribution in [-0.4, -0.2) is 16.9 Å². The summed E-state index contributed by atoms with van der Waals surface area (Å²) in [7, 11) is 0. The molecule has 1 aromatic heterocycles. The Balaban J connectivity index is 2.07. The average Bonchev–Trinajstić information content (AvgIpc) is 2.40. The number of carbonyl (C=O) groups excluding carboxylic acids is 1. The highest BCUT2D eigenvalue weighted by Crippen LogP contribution is 2.09. The number of carbonyl (C=O) groups is 1. The van der Waals surface area contributed by atoms with Gasteiger partial charge in [0.05, 0.1) is 0 Å². The van der Waals surface area contributed by atoms with Crippen molar-refractivity contribution in [1.29, 1.82) is 0 Å². The molecule has 0 radical (unpaired) electrons. The molecule has 0 aliphatic rings. The second-order valence-corrected chi connectivity index (χ2v) is 3.42. The summed E-state index contributed by atoms with van der Waals surface area (Å²) in [5.41, 5.74) is 6.23. The Morgan fingerprint density at radius 1 is 1.17 bits per heavy atom. The third-order valence-electron chi connectivity index (χ3n) is 2.12. The van der Waals surface area contributed by atoms with Gasteiger partial charge in [-0.25, -0.2) is 4.79 Å². The van der Waals surface area contributed by atoms with Gasteiger partial charge < -0.3 is 10.5 Å². The van der Waals surface area contributed by atoms with Crippen LogP contribution < -0.4 is 10.5 Å². The first kappa shape index (κ1) is 11.8. The summed E-state index contributed by atoms with van der Waals surface area (Å²) in [6, 6.07) is 12.1. The maximum Gasteiger partial charge on any atom is 0.441 e. The van der Waals surface area contributed by atoms with Gasteiger partial charge in [0.1, 0.15) is 11.6 Å². The zero-order valence-corrected chi connectivity index (χ0v) is 9.48. The van der Waals surface area contributed by atoms with Crippen LogP contribution in [0.25, 0.3) is 0 Å². The number of nitrogens with zero attached hydrogens (tertiary/aromatic N) is 2. The van der Waals surface area contributed by atoms with Gasteiger partial charge in [0.25, 0.3) is 0 Å². The Kier molecular flexibility index (Phi) is 3.66. The van der Waals surface area contributed by atoms with E-state index >= 15 is 0 Å². The van der Waals surface area contributed by atoms with Crippen molar-refractivity contribution in [2.24, 2.45) is 10.7 Å². The van der Waals surface area contributed by atoms with Crippen LogP contribution in [0.1, 0.15) is 5.56 Å². The van der Waals surface area contributed by atoms with Crippen LogP contribution in [0, 0.1) is 0 Å². The molecule has 0 saturated carbocycles. The second-order valence-electron chi connectivity index (χ2n) is 3.42. The molecule has 0 fully saturated rings. The fourth-order valence-corrected chi connectivity index (χ4v) is 1.29. The van der Waals surface area contributed by atoms with Crippen molar-refractivity contribution in [2.45, 2.75) is 0 Å². The van der Waals surface area contributed by atoms with Gasteiger partial charge in [-0.1, -0.05) is 18.2 Å². The van der Waals surface area contributed by atoms with E-state index < -0.39 is 6.09 Å². The third kappa shape index (κ3) is 3.15. The standard InChI is InChI=1S/C13H11N3O2/c14-12(10-5-4-8-15-9-10)16-13(17)18-11-6-2-1-3-7-11/h1-9H,(H2,14,16,17). The van der Waals surface area contributed by atoms with Crippen molar-refractivity contribution < 1.29 is 9.53 Å². The molecule has 0 spiro atoms. The van der Waals surface area contributed by atoms with E-state index in [4.69, 9.17) is 10.5 Å². The number of amidine groups is 1. The maximum absolute atomic E-state index is 11.5. The van der Waals surface area contributed by atoms with Crippen molar-refractivity contribution in [3.05, 3.63) is 60.4 Å². The van der Waals surface area contributed by atoms with Gasteiger partial charge in [0.2, 0.25) is 0 Å². The molecule has 1 heterocycles. The topological polar surface area (TPSA) is 77.6 Å². The molecule has 2 rings (SSSR count). The number of rotatable bonds is 2. The number of para-hydroxylation sites is 1. The highest BCUT2D eigenvalue weighted by molar-refractivity contribution is 6.02. The lowest BCUT2D eigenvalue weighted by Gasteiger charge is -2.01. The number of hydrogen-bond acceptors (Lipinski definition) is 3. The van der Waals surface area contributed by atoms with Gasteiger partial charge >= 0.3 is 6.09 Å². The van der Waals surface area contributed by atoms with Crippen molar-refractivity contribution in [2.75, 3.05) is 0 Å². The van der Waals surface area contributed by atoms with Crippen LogP contribution in [0.15, 0.2) is 59.9 Å². The molecule has 0 atom stereocenters. The molecule has 1 aromatic carbocycles. The van der Waals surface area contributed by atoms with Crippen LogP contribution in [0.2, 0.25) is 0 Å². The Bertz CT molecular complexity index is 553. The Morgan fingerprint density at radius 3 is 2.61 bits per heavy atom. The van der Waals surface area contributed by atoms with Crippen LogP contribution in [0.5, 0.6) is 5.75 Å². The predicted octanol–water partition coefficient (Wildman–Crippen LogP) is 1.99. The summed E-state index contributed by atoms with van der Waals surface area (Å²) in [4.78, 5) is 19.0. The first-order valence-corrected chi connectivity index (χ1v) is 5.27. The molecule has 0 aliphatic heterocycles. The zero-order chi connectivity index (χ0) is 12.8. The fourth-order valence-electron chi connectivity index (χ4n) is 1.29. The minimum absolute atomic E-state index is 0.0732. The number of amides is 1. The number of pyridine rings is 1. The van der Waals surface area contributed by atoms with Gasteiger partial charge in [-0.3, -0.25) is 4.98 Å². The van der Waals surface area contributed by atoms with Gasteiger partial charge in [0, 0.05) is 18.0 Å². The van der Waals surface area contributed by atoms with Gasteiger partial charge in [-0.05, 0) is 24.3 Å². The van der Waals surface area contributed by atoms with E-state index in [1.807, 2.05) is 6.07 Å². The molecule has 0 unspecified atom stereocenters. The minimum Gasteiger partial charge on any atom is -0.409 e. The number of aromatic nitrogens is 1. The van der Waals surface area contributed by atoms with E-state index in [2.05, 4.69) is 9.98 Å². The molecule has 0 aliphatic carbocycles. The Morgan fingerprint density at radius 2 is 1.94 bits per heavy atom. The molecule has 90 valence electrons. The number of benzene rings is 1. The smallest absolute Gasteiger partial charge is 0.409 e. The minimum atomic E-state index is -0.762. The van der Waals surface area contributed by atoms with E-state index in [0.29, 0.717) is 11.3 Å². The average molecular weight is 241 g/mol. The van der Waals surface area contributed by atoms with Crippen molar-refractivity contribution in [3.63, 3.8) is 0 Å². The lowest BCUT2D eigenvalue weighted by molar-refractivity contribution is 0.211. The number of ether oxygens (including phenoxy) is 1. The van der Waals surface area contributed by atoms with Crippen LogP contribution in [0.4, 0.5) is 4.79 Å². The van der Waals surface area contributed by atoms with Crippen molar-refractivity contribution in [1.82, 2.24) is 4.98 Å². The third-order valence-corrected chi connectivity index (χ3v) is 2.12. The summed E-state index contributed by atoms with van der Waals surface area (Å²) in [5, 5.41) is 0. The van der Waals surface area contributed by atoms with E-state index in [1.165, 1.54) is 6.20 Å². The second kappa shape index (κ2) is 5.58. The van der Waals surface area contributed by atoms with Crippen LogP contribution in [-0.2, 0) is 0 Å². The molecule has 5 nitrogen and oxygen atoms in total. The molecule has 0 bridgehead atoms. The van der Waals surface area contributed by atoms with E-state index in [9.17, 15) is 4.79 Å². The Labute approximate surface area is 104 Å². The molecular formula is C13H11N3O2. The summed E-state index contributed by atoms with van der Waals surface area (Å²) < 4.78 is 4.98. The summed E-state index contributed by atoms with van der Waals surface area (Å²) in [5.74, 6) is 0.495. The predicted molar refractivity (Wildman–Crippen MR) is 67.4 cm³/mol. The highest BCUT2D eigenvalue weighted by atomic mass is 16.5. The zero-order valence-electron chi connectivity index (χ0n) is 9.48. The first-order valence-electron chi connectivity index (χ1n) is 5.27. The Hall–Kier alpha value is -2.69.